The van der Waals surface area contributed by atoms with Gasteiger partial charge in [-0.05, 0) is 38.1 Å². The second kappa shape index (κ2) is 3.69. The summed E-state index contributed by atoms with van der Waals surface area (Å²) >= 11 is 0. The van der Waals surface area contributed by atoms with Gasteiger partial charge in [-0.3, -0.25) is 9.78 Å². The van der Waals surface area contributed by atoms with E-state index in [0.717, 1.165) is 23.4 Å². The number of aryl methyl sites for hydroxylation is 2. The first-order chi connectivity index (χ1) is 7.22. The van der Waals surface area contributed by atoms with Crippen molar-refractivity contribution >= 4 is 6.29 Å². The molecule has 0 aliphatic heterocycles. The van der Waals surface area contributed by atoms with Crippen LogP contribution in [0.1, 0.15) is 21.9 Å². The Hall–Kier alpha value is -1.90. The third-order valence-electron chi connectivity index (χ3n) is 2.36. The molecule has 2 aromatic heterocycles. The second-order valence-electron chi connectivity index (χ2n) is 3.48. The van der Waals surface area contributed by atoms with Gasteiger partial charge in [-0.2, -0.15) is 0 Å². The first kappa shape index (κ1) is 9.65. The van der Waals surface area contributed by atoms with Crippen LogP contribution in [-0.2, 0) is 0 Å². The lowest BCUT2D eigenvalue weighted by Gasteiger charge is -2.08. The molecule has 0 aliphatic rings. The van der Waals surface area contributed by atoms with Crippen LogP contribution >= 0.6 is 0 Å². The highest BCUT2D eigenvalue weighted by Gasteiger charge is 2.05. The molecule has 76 valence electrons. The zero-order valence-corrected chi connectivity index (χ0v) is 8.77. The zero-order valence-electron chi connectivity index (χ0n) is 8.77. The smallest absolute Gasteiger partial charge is 0.166 e. The maximum atomic E-state index is 10.8. The fourth-order valence-corrected chi connectivity index (χ4v) is 1.64. The van der Waals surface area contributed by atoms with Crippen LogP contribution in [0.25, 0.3) is 5.69 Å². The number of aldehydes is 1. The van der Waals surface area contributed by atoms with Gasteiger partial charge in [0.2, 0.25) is 0 Å². The topological polar surface area (TPSA) is 34.9 Å². The molecule has 0 bridgehead atoms. The van der Waals surface area contributed by atoms with E-state index >= 15 is 0 Å². The molecular weight excluding hydrogens is 188 g/mol. The van der Waals surface area contributed by atoms with E-state index in [1.807, 2.05) is 42.8 Å². The summed E-state index contributed by atoms with van der Waals surface area (Å²) in [5.41, 5.74) is 3.50. The van der Waals surface area contributed by atoms with Crippen molar-refractivity contribution in [1.29, 1.82) is 0 Å². The Morgan fingerprint density at radius 2 is 2.07 bits per heavy atom. The summed E-state index contributed by atoms with van der Waals surface area (Å²) in [7, 11) is 0. The van der Waals surface area contributed by atoms with E-state index in [9.17, 15) is 4.79 Å². The van der Waals surface area contributed by atoms with Gasteiger partial charge in [-0.1, -0.05) is 0 Å². The number of pyridine rings is 1. The van der Waals surface area contributed by atoms with Crippen LogP contribution in [0.5, 0.6) is 0 Å². The first-order valence-corrected chi connectivity index (χ1v) is 4.79. The van der Waals surface area contributed by atoms with Crippen LogP contribution in [0.4, 0.5) is 0 Å². The van der Waals surface area contributed by atoms with Gasteiger partial charge in [0, 0.05) is 11.9 Å². The number of carbonyl (C=O) groups excluding carboxylic acids is 1. The highest BCUT2D eigenvalue weighted by molar-refractivity contribution is 5.73. The van der Waals surface area contributed by atoms with Crippen molar-refractivity contribution < 1.29 is 4.79 Å². The molecule has 2 aromatic rings. The van der Waals surface area contributed by atoms with Gasteiger partial charge in [-0.15, -0.1) is 0 Å². The molecule has 3 nitrogen and oxygen atoms in total. The van der Waals surface area contributed by atoms with Crippen LogP contribution in [-0.4, -0.2) is 15.8 Å². The predicted molar refractivity (Wildman–Crippen MR) is 58.4 cm³/mol. The Labute approximate surface area is 88.4 Å². The maximum Gasteiger partial charge on any atom is 0.166 e. The molecule has 2 rings (SSSR count). The number of hydrogen-bond donors (Lipinski definition) is 0. The van der Waals surface area contributed by atoms with Crippen LogP contribution in [0.3, 0.4) is 0 Å². The molecule has 0 saturated heterocycles. The van der Waals surface area contributed by atoms with E-state index in [2.05, 4.69) is 4.98 Å². The summed E-state index contributed by atoms with van der Waals surface area (Å²) < 4.78 is 1.84. The summed E-state index contributed by atoms with van der Waals surface area (Å²) in [6, 6.07) is 7.55. The van der Waals surface area contributed by atoms with Crippen LogP contribution in [0.2, 0.25) is 0 Å². The maximum absolute atomic E-state index is 10.8. The number of carbonyl (C=O) groups is 1. The van der Waals surface area contributed by atoms with Crippen molar-refractivity contribution in [1.82, 2.24) is 9.55 Å². The molecule has 0 N–H and O–H groups in total. The van der Waals surface area contributed by atoms with E-state index < -0.39 is 0 Å². The highest BCUT2D eigenvalue weighted by atomic mass is 16.1. The number of rotatable bonds is 2. The third kappa shape index (κ3) is 1.68. The second-order valence-corrected chi connectivity index (χ2v) is 3.48. The molecule has 0 aromatic carbocycles. The Morgan fingerprint density at radius 1 is 1.27 bits per heavy atom. The quantitative estimate of drug-likeness (QED) is 0.697. The van der Waals surface area contributed by atoms with Crippen LogP contribution in [0, 0.1) is 13.8 Å². The minimum atomic E-state index is 0.642. The van der Waals surface area contributed by atoms with E-state index in [0.29, 0.717) is 5.69 Å². The number of aromatic nitrogens is 2. The number of nitrogens with zero attached hydrogens (tertiary/aromatic N) is 2. The lowest BCUT2D eigenvalue weighted by atomic mass is 10.2. The van der Waals surface area contributed by atoms with Crippen molar-refractivity contribution in [2.24, 2.45) is 0 Å². The molecule has 0 radical (unpaired) electrons. The zero-order chi connectivity index (χ0) is 10.8. The third-order valence-corrected chi connectivity index (χ3v) is 2.36. The molecule has 3 heteroatoms. The van der Waals surface area contributed by atoms with Crippen molar-refractivity contribution in [2.45, 2.75) is 13.8 Å². The van der Waals surface area contributed by atoms with Crippen molar-refractivity contribution in [3.8, 4) is 5.69 Å². The van der Waals surface area contributed by atoms with E-state index in [4.69, 9.17) is 0 Å². The Bertz CT molecular complexity index is 500. The van der Waals surface area contributed by atoms with Gasteiger partial charge in [0.15, 0.2) is 6.29 Å². The van der Waals surface area contributed by atoms with Crippen LogP contribution < -0.4 is 0 Å². The molecule has 15 heavy (non-hydrogen) atoms. The molecule has 0 fully saturated rings. The van der Waals surface area contributed by atoms with E-state index in [1.165, 1.54) is 0 Å². The summed E-state index contributed by atoms with van der Waals surface area (Å²) in [6.07, 6.45) is 2.71. The monoisotopic (exact) mass is 200 g/mol. The summed E-state index contributed by atoms with van der Waals surface area (Å²) in [5, 5.41) is 0. The fraction of sp³-hybridized carbons (Fsp3) is 0.167. The molecular formula is C12H12N2O. The minimum Gasteiger partial charge on any atom is -0.312 e. The average Bonchev–Trinajstić information content (AvgIpc) is 2.65. The fourth-order valence-electron chi connectivity index (χ4n) is 1.64. The van der Waals surface area contributed by atoms with Crippen molar-refractivity contribution in [3.05, 3.63) is 47.5 Å². The van der Waals surface area contributed by atoms with E-state index in [1.54, 1.807) is 6.07 Å². The van der Waals surface area contributed by atoms with Crippen LogP contribution in [0.15, 0.2) is 30.5 Å². The SMILES string of the molecule is Cc1ccc(-n2cccc2C=O)c(C)n1. The standard InChI is InChI=1S/C12H12N2O/c1-9-5-6-12(10(2)13-9)14-7-3-4-11(14)8-15/h3-8H,1-2H3. The van der Waals surface area contributed by atoms with E-state index in [-0.39, 0.29) is 0 Å². The lowest BCUT2D eigenvalue weighted by molar-refractivity contribution is 0.111. The average molecular weight is 200 g/mol. The Balaban J connectivity index is 2.59. The van der Waals surface area contributed by atoms with Gasteiger partial charge in [0.05, 0.1) is 17.1 Å². The number of hydrogen-bond acceptors (Lipinski definition) is 2. The summed E-state index contributed by atoms with van der Waals surface area (Å²) in [6.45, 7) is 3.89. The predicted octanol–water partition coefficient (Wildman–Crippen LogP) is 2.30. The van der Waals surface area contributed by atoms with Crippen molar-refractivity contribution in [3.63, 3.8) is 0 Å². The highest BCUT2D eigenvalue weighted by Crippen LogP contribution is 2.15. The minimum absolute atomic E-state index is 0.642. The Morgan fingerprint density at radius 3 is 2.73 bits per heavy atom. The van der Waals surface area contributed by atoms with Crippen molar-refractivity contribution in [2.75, 3.05) is 0 Å². The summed E-state index contributed by atoms with van der Waals surface area (Å²) in [5.74, 6) is 0. The first-order valence-electron chi connectivity index (χ1n) is 4.79. The molecule has 0 saturated carbocycles. The molecule has 0 unspecified atom stereocenters. The van der Waals surface area contributed by atoms with Gasteiger partial charge in [-0.25, -0.2) is 0 Å². The largest absolute Gasteiger partial charge is 0.312 e. The lowest BCUT2D eigenvalue weighted by Crippen LogP contribution is -2.02. The molecule has 0 atom stereocenters. The molecule has 0 aliphatic carbocycles. The van der Waals surface area contributed by atoms with Gasteiger partial charge < -0.3 is 4.57 Å². The molecule has 0 spiro atoms. The molecule has 0 amide bonds. The molecule has 2 heterocycles. The Kier molecular flexibility index (Phi) is 2.37. The van der Waals surface area contributed by atoms with Gasteiger partial charge in [0.1, 0.15) is 0 Å². The normalized spacial score (nSPS) is 10.3. The van der Waals surface area contributed by atoms with Gasteiger partial charge >= 0.3 is 0 Å². The summed E-state index contributed by atoms with van der Waals surface area (Å²) in [4.78, 5) is 15.2. The van der Waals surface area contributed by atoms with Gasteiger partial charge in [0.25, 0.3) is 0 Å².